The van der Waals surface area contributed by atoms with Crippen LogP contribution in [0.25, 0.3) is 0 Å². The van der Waals surface area contributed by atoms with Crippen molar-refractivity contribution >= 4 is 0 Å². The molecule has 1 aromatic rings. The van der Waals surface area contributed by atoms with E-state index in [1.807, 2.05) is 13.1 Å². The van der Waals surface area contributed by atoms with Crippen LogP contribution < -0.4 is 5.32 Å². The number of nitrogens with zero attached hydrogens (tertiary/aromatic N) is 2. The molecule has 1 aromatic heterocycles. The lowest BCUT2D eigenvalue weighted by Crippen LogP contribution is -2.18. The average Bonchev–Trinajstić information content (AvgIpc) is 3.28. The van der Waals surface area contributed by atoms with E-state index in [-0.39, 0.29) is 0 Å². The summed E-state index contributed by atoms with van der Waals surface area (Å²) in [5.41, 5.74) is 2.54. The monoisotopic (exact) mass is 247 g/mol. The molecule has 0 unspecified atom stereocenters. The number of rotatable bonds is 7. The number of hydrogen-bond acceptors (Lipinski definition) is 4. The molecule has 2 fully saturated rings. The van der Waals surface area contributed by atoms with Crippen LogP contribution in [-0.2, 0) is 17.9 Å². The summed E-state index contributed by atoms with van der Waals surface area (Å²) in [5, 5.41) is 3.55. The molecule has 0 atom stereocenters. The van der Waals surface area contributed by atoms with Gasteiger partial charge < -0.3 is 10.1 Å². The third kappa shape index (κ3) is 3.06. The Morgan fingerprint density at radius 1 is 1.33 bits per heavy atom. The molecule has 0 bridgehead atoms. The summed E-state index contributed by atoms with van der Waals surface area (Å²) in [6, 6.07) is 0.736. The zero-order valence-electron chi connectivity index (χ0n) is 11.0. The maximum Gasteiger partial charge on any atom is 0.154 e. The van der Waals surface area contributed by atoms with Gasteiger partial charge in [0.2, 0.25) is 0 Å². The first-order valence-electron chi connectivity index (χ1n) is 7.02. The molecule has 1 N–H and O–H groups in total. The molecule has 2 aliphatic carbocycles. The van der Waals surface area contributed by atoms with E-state index in [0.717, 1.165) is 18.4 Å². The first-order chi connectivity index (χ1) is 8.86. The Bertz CT molecular complexity index is 414. The summed E-state index contributed by atoms with van der Waals surface area (Å²) >= 11 is 0. The van der Waals surface area contributed by atoms with E-state index in [9.17, 15) is 0 Å². The minimum Gasteiger partial charge on any atom is -0.374 e. The lowest BCUT2D eigenvalue weighted by molar-refractivity contribution is 0.128. The molecule has 1 heterocycles. The Morgan fingerprint density at radius 2 is 2.17 bits per heavy atom. The van der Waals surface area contributed by atoms with Crippen LogP contribution in [0.4, 0.5) is 0 Å². The van der Waals surface area contributed by atoms with Crippen LogP contribution in [0.1, 0.15) is 55.6 Å². The molecule has 0 spiro atoms. The summed E-state index contributed by atoms with van der Waals surface area (Å²) in [7, 11) is 0. The van der Waals surface area contributed by atoms with E-state index in [1.54, 1.807) is 0 Å². The zero-order chi connectivity index (χ0) is 12.4. The smallest absolute Gasteiger partial charge is 0.154 e. The predicted octanol–water partition coefficient (Wildman–Crippen LogP) is 2.14. The summed E-state index contributed by atoms with van der Waals surface area (Å²) in [5.74, 6) is 1.50. The fraction of sp³-hybridized carbons (Fsp3) is 0.714. The Hall–Kier alpha value is -1.00. The summed E-state index contributed by atoms with van der Waals surface area (Å²) in [4.78, 5) is 9.10. The number of nitrogens with one attached hydrogen (secondary N) is 1. The zero-order valence-corrected chi connectivity index (χ0v) is 11.0. The fourth-order valence-corrected chi connectivity index (χ4v) is 2.11. The molecular formula is C14H21N3O. The van der Waals surface area contributed by atoms with Gasteiger partial charge in [0.15, 0.2) is 5.82 Å². The lowest BCUT2D eigenvalue weighted by atomic mass is 10.1. The normalized spacial score (nSPS) is 19.2. The van der Waals surface area contributed by atoms with Crippen molar-refractivity contribution in [1.29, 1.82) is 0 Å². The molecule has 2 saturated carbocycles. The van der Waals surface area contributed by atoms with Crippen LogP contribution in [0.5, 0.6) is 0 Å². The van der Waals surface area contributed by atoms with Gasteiger partial charge in [0, 0.05) is 36.9 Å². The number of ether oxygens (including phenoxy) is 1. The predicted molar refractivity (Wildman–Crippen MR) is 69.2 cm³/mol. The van der Waals surface area contributed by atoms with Gasteiger partial charge in [-0.25, -0.2) is 9.97 Å². The van der Waals surface area contributed by atoms with Crippen molar-refractivity contribution in [2.75, 3.05) is 6.61 Å². The minimum absolute atomic E-state index is 0.534. The van der Waals surface area contributed by atoms with Gasteiger partial charge in [0.1, 0.15) is 6.61 Å². The summed E-state index contributed by atoms with van der Waals surface area (Å²) < 4.78 is 5.38. The Balaban J connectivity index is 1.70. The highest BCUT2D eigenvalue weighted by Crippen LogP contribution is 2.40. The van der Waals surface area contributed by atoms with Gasteiger partial charge in [-0.3, -0.25) is 0 Å². The Morgan fingerprint density at radius 3 is 2.83 bits per heavy atom. The van der Waals surface area contributed by atoms with Crippen molar-refractivity contribution in [2.24, 2.45) is 0 Å². The molecule has 4 heteroatoms. The molecule has 18 heavy (non-hydrogen) atoms. The highest BCUT2D eigenvalue weighted by atomic mass is 16.5. The van der Waals surface area contributed by atoms with Crippen LogP contribution in [0, 0.1) is 0 Å². The molecule has 0 radical (unpaired) electrons. The molecule has 0 saturated heterocycles. The molecule has 2 aliphatic rings. The minimum atomic E-state index is 0.534. The third-order valence-corrected chi connectivity index (χ3v) is 3.51. The van der Waals surface area contributed by atoms with E-state index in [4.69, 9.17) is 9.72 Å². The number of aromatic nitrogens is 2. The second-order valence-electron chi connectivity index (χ2n) is 5.26. The van der Waals surface area contributed by atoms with Gasteiger partial charge in [-0.05, 0) is 32.6 Å². The highest BCUT2D eigenvalue weighted by molar-refractivity contribution is 5.25. The first kappa shape index (κ1) is 12.1. The Labute approximate surface area is 108 Å². The van der Waals surface area contributed by atoms with Crippen LogP contribution >= 0.6 is 0 Å². The number of hydrogen-bond donors (Lipinski definition) is 1. The van der Waals surface area contributed by atoms with Crippen molar-refractivity contribution < 1.29 is 4.74 Å². The SMILES string of the molecule is CCOCc1ncc(CNC2CC2)c(C2CC2)n1. The van der Waals surface area contributed by atoms with Crippen LogP contribution in [0.2, 0.25) is 0 Å². The summed E-state index contributed by atoms with van der Waals surface area (Å²) in [6.45, 7) is 4.17. The largest absolute Gasteiger partial charge is 0.374 e. The second kappa shape index (κ2) is 5.33. The second-order valence-corrected chi connectivity index (χ2v) is 5.26. The Kier molecular flexibility index (Phi) is 3.57. The molecule has 0 amide bonds. The van der Waals surface area contributed by atoms with E-state index in [0.29, 0.717) is 19.1 Å². The van der Waals surface area contributed by atoms with Crippen molar-refractivity contribution in [3.05, 3.63) is 23.3 Å². The van der Waals surface area contributed by atoms with Gasteiger partial charge >= 0.3 is 0 Å². The van der Waals surface area contributed by atoms with Crippen molar-refractivity contribution in [3.63, 3.8) is 0 Å². The van der Waals surface area contributed by atoms with E-state index < -0.39 is 0 Å². The van der Waals surface area contributed by atoms with E-state index >= 15 is 0 Å². The third-order valence-electron chi connectivity index (χ3n) is 3.51. The molecule has 3 rings (SSSR count). The van der Waals surface area contributed by atoms with Crippen LogP contribution in [0.3, 0.4) is 0 Å². The topological polar surface area (TPSA) is 47.0 Å². The van der Waals surface area contributed by atoms with Gasteiger partial charge in [0.05, 0.1) is 5.69 Å². The lowest BCUT2D eigenvalue weighted by Gasteiger charge is -2.10. The maximum atomic E-state index is 5.38. The van der Waals surface area contributed by atoms with Crippen molar-refractivity contribution in [3.8, 4) is 0 Å². The fourth-order valence-electron chi connectivity index (χ4n) is 2.11. The quantitative estimate of drug-likeness (QED) is 0.802. The van der Waals surface area contributed by atoms with E-state index in [2.05, 4.69) is 10.3 Å². The summed E-state index contributed by atoms with van der Waals surface area (Å²) in [6.07, 6.45) is 7.19. The molecule has 4 nitrogen and oxygen atoms in total. The van der Waals surface area contributed by atoms with Crippen molar-refractivity contribution in [1.82, 2.24) is 15.3 Å². The van der Waals surface area contributed by atoms with Crippen LogP contribution in [0.15, 0.2) is 6.20 Å². The molecule has 0 aromatic carbocycles. The average molecular weight is 247 g/mol. The van der Waals surface area contributed by atoms with E-state index in [1.165, 1.54) is 36.9 Å². The van der Waals surface area contributed by atoms with Crippen LogP contribution in [-0.4, -0.2) is 22.6 Å². The van der Waals surface area contributed by atoms with Gasteiger partial charge in [-0.15, -0.1) is 0 Å². The first-order valence-corrected chi connectivity index (χ1v) is 7.02. The van der Waals surface area contributed by atoms with Crippen molar-refractivity contribution in [2.45, 2.75) is 57.7 Å². The molecule has 98 valence electrons. The molecular weight excluding hydrogens is 226 g/mol. The van der Waals surface area contributed by atoms with Gasteiger partial charge in [-0.1, -0.05) is 0 Å². The maximum absolute atomic E-state index is 5.38. The molecule has 0 aliphatic heterocycles. The van der Waals surface area contributed by atoms with Gasteiger partial charge in [0.25, 0.3) is 0 Å². The highest BCUT2D eigenvalue weighted by Gasteiger charge is 2.29. The standard InChI is InChI=1S/C14H21N3O/c1-2-18-9-13-16-8-11(7-15-12-5-6-12)14(17-13)10-3-4-10/h8,10,12,15H,2-7,9H2,1H3. The van der Waals surface area contributed by atoms with Gasteiger partial charge in [-0.2, -0.15) is 0 Å².